The van der Waals surface area contributed by atoms with Gasteiger partial charge in [-0.2, -0.15) is 0 Å². The predicted octanol–water partition coefficient (Wildman–Crippen LogP) is 18.8. The third-order valence-corrected chi connectivity index (χ3v) is 11.1. The van der Waals surface area contributed by atoms with Crippen LogP contribution in [0.5, 0.6) is 0 Å². The highest BCUT2D eigenvalue weighted by Crippen LogP contribution is 2.12. The van der Waals surface area contributed by atoms with Crippen molar-refractivity contribution in [2.24, 2.45) is 0 Å². The minimum absolute atomic E-state index is 0.129. The van der Waals surface area contributed by atoms with Crippen molar-refractivity contribution in [3.63, 3.8) is 0 Å². The number of unbranched alkanes of at least 4 members (excludes halogenated alkanes) is 13. The molecule has 0 aromatic rings. The van der Waals surface area contributed by atoms with E-state index in [2.05, 4.69) is 154 Å². The summed E-state index contributed by atoms with van der Waals surface area (Å²) in [6.45, 7) is 6.28. The molecule has 0 rings (SSSR count). The molecule has 6 nitrogen and oxygen atoms in total. The molecule has 1 atom stereocenters. The third-order valence-electron chi connectivity index (χ3n) is 11.1. The van der Waals surface area contributed by atoms with Gasteiger partial charge in [-0.05, 0) is 128 Å². The van der Waals surface area contributed by atoms with Gasteiger partial charge in [-0.15, -0.1) is 0 Å². The molecule has 0 bridgehead atoms. The Labute approximate surface area is 429 Å². The molecule has 6 heteroatoms. The van der Waals surface area contributed by atoms with Gasteiger partial charge in [-0.3, -0.25) is 14.4 Å². The van der Waals surface area contributed by atoms with Gasteiger partial charge in [0.05, 0.1) is 0 Å². The first-order chi connectivity index (χ1) is 34.5. The maximum Gasteiger partial charge on any atom is 0.306 e. The Morgan fingerprint density at radius 1 is 0.300 bits per heavy atom. The van der Waals surface area contributed by atoms with Gasteiger partial charge in [0.15, 0.2) is 6.10 Å². The Kier molecular flexibility index (Phi) is 53.0. The second-order valence-electron chi connectivity index (χ2n) is 17.7. The first kappa shape index (κ1) is 65.3. The summed E-state index contributed by atoms with van der Waals surface area (Å²) in [6.07, 6.45) is 81.3. The highest BCUT2D eigenvalue weighted by Gasteiger charge is 2.19. The van der Waals surface area contributed by atoms with Gasteiger partial charge >= 0.3 is 17.9 Å². The number of hydrogen-bond acceptors (Lipinski definition) is 6. The number of ether oxygens (including phenoxy) is 3. The van der Waals surface area contributed by atoms with Gasteiger partial charge in [-0.1, -0.05) is 218 Å². The van der Waals surface area contributed by atoms with Gasteiger partial charge in [0.1, 0.15) is 13.2 Å². The minimum Gasteiger partial charge on any atom is -0.462 e. The maximum absolute atomic E-state index is 12.8. The molecule has 0 radical (unpaired) electrons. The summed E-state index contributed by atoms with van der Waals surface area (Å²) >= 11 is 0. The SMILES string of the molecule is CC/C=C\C/C=C\C/C=C\C/C=C\C/C=C\C/C=C\CCC(=O)OCC(COC(=O)CCCCC/C=C\CCCCCCCCC)OC(=O)CCCCC/C=C\C/C=C\C/C=C\C/C=C\C/C=C\CC. The lowest BCUT2D eigenvalue weighted by atomic mass is 10.1. The summed E-state index contributed by atoms with van der Waals surface area (Å²) in [5.74, 6) is -1.07. The fourth-order valence-corrected chi connectivity index (χ4v) is 6.96. The van der Waals surface area contributed by atoms with Crippen molar-refractivity contribution in [3.05, 3.63) is 146 Å². The van der Waals surface area contributed by atoms with E-state index in [9.17, 15) is 14.4 Å². The molecule has 0 aliphatic heterocycles. The number of carbonyl (C=O) groups excluding carboxylic acids is 3. The summed E-state index contributed by atoms with van der Waals surface area (Å²) in [7, 11) is 0. The number of carbonyl (C=O) groups is 3. The highest BCUT2D eigenvalue weighted by atomic mass is 16.6. The van der Waals surface area contributed by atoms with E-state index in [4.69, 9.17) is 14.2 Å². The van der Waals surface area contributed by atoms with Crippen molar-refractivity contribution >= 4 is 17.9 Å². The fraction of sp³-hybridized carbons (Fsp3) is 0.578. The van der Waals surface area contributed by atoms with Crippen molar-refractivity contribution in [2.75, 3.05) is 13.2 Å². The van der Waals surface area contributed by atoms with E-state index in [0.29, 0.717) is 19.3 Å². The average molecular weight is 965 g/mol. The predicted molar refractivity (Wildman–Crippen MR) is 302 cm³/mol. The molecule has 0 heterocycles. The lowest BCUT2D eigenvalue weighted by Gasteiger charge is -2.18. The monoisotopic (exact) mass is 965 g/mol. The zero-order chi connectivity index (χ0) is 50.7. The van der Waals surface area contributed by atoms with E-state index in [0.717, 1.165) is 122 Å². The number of esters is 3. The van der Waals surface area contributed by atoms with Gasteiger partial charge in [0.25, 0.3) is 0 Å². The van der Waals surface area contributed by atoms with Crippen LogP contribution >= 0.6 is 0 Å². The lowest BCUT2D eigenvalue weighted by molar-refractivity contribution is -0.166. The summed E-state index contributed by atoms with van der Waals surface area (Å²) in [6, 6.07) is 0. The minimum atomic E-state index is -0.839. The van der Waals surface area contributed by atoms with Crippen LogP contribution in [0.2, 0.25) is 0 Å². The Hall–Kier alpha value is -4.71. The molecule has 0 spiro atoms. The summed E-state index contributed by atoms with van der Waals surface area (Å²) in [5, 5.41) is 0. The molecule has 70 heavy (non-hydrogen) atoms. The van der Waals surface area contributed by atoms with E-state index in [1.807, 2.05) is 12.2 Å². The zero-order valence-electron chi connectivity index (χ0n) is 44.7. The molecular weight excluding hydrogens is 865 g/mol. The van der Waals surface area contributed by atoms with Crippen molar-refractivity contribution in [3.8, 4) is 0 Å². The van der Waals surface area contributed by atoms with Gasteiger partial charge < -0.3 is 14.2 Å². The Morgan fingerprint density at radius 2 is 0.586 bits per heavy atom. The zero-order valence-corrected chi connectivity index (χ0v) is 44.7. The van der Waals surface area contributed by atoms with E-state index < -0.39 is 6.10 Å². The van der Waals surface area contributed by atoms with Crippen LogP contribution in [0.15, 0.2) is 146 Å². The highest BCUT2D eigenvalue weighted by molar-refractivity contribution is 5.71. The van der Waals surface area contributed by atoms with Crippen LogP contribution in [0.3, 0.4) is 0 Å². The van der Waals surface area contributed by atoms with Crippen molar-refractivity contribution in [1.82, 2.24) is 0 Å². The van der Waals surface area contributed by atoms with Crippen LogP contribution in [0.25, 0.3) is 0 Å². The van der Waals surface area contributed by atoms with Crippen LogP contribution in [0, 0.1) is 0 Å². The summed E-state index contributed by atoms with van der Waals surface area (Å²) < 4.78 is 16.7. The molecule has 1 unspecified atom stereocenters. The molecule has 0 aromatic carbocycles. The maximum atomic E-state index is 12.8. The molecule has 0 N–H and O–H groups in total. The molecule has 392 valence electrons. The number of hydrogen-bond donors (Lipinski definition) is 0. The first-order valence-electron chi connectivity index (χ1n) is 27.8. The molecule has 0 amide bonds. The van der Waals surface area contributed by atoms with Crippen molar-refractivity contribution in [1.29, 1.82) is 0 Å². The van der Waals surface area contributed by atoms with Crippen LogP contribution < -0.4 is 0 Å². The largest absolute Gasteiger partial charge is 0.462 e. The van der Waals surface area contributed by atoms with Gasteiger partial charge in [0.2, 0.25) is 0 Å². The standard InChI is InChI=1S/C64H100O6/c1-4-7-10-13-16-19-22-25-28-30-32-34-36-39-42-45-48-51-54-57-63(66)69-60-61(59-68-62(65)56-53-50-47-44-41-38-27-24-21-18-15-12-9-6-3)70-64(67)58-55-52-49-46-43-40-37-35-33-31-29-26-23-20-17-14-11-8-5-2/h7-8,10-11,16-17,19-20,25-26,28-29,32-35,38-43,48,51,61H,4-6,9,12-15,18,21-24,27,30-31,36-37,44-47,49-50,52-60H2,1-3H3/b10-7-,11-8-,19-16-,20-17-,28-25-,29-26-,34-32-,35-33-,41-38-,42-39-,43-40-,51-48-. The molecule has 0 fully saturated rings. The van der Waals surface area contributed by atoms with E-state index >= 15 is 0 Å². The quantitative estimate of drug-likeness (QED) is 0.0262. The van der Waals surface area contributed by atoms with E-state index in [-0.39, 0.29) is 44.0 Å². The third kappa shape index (κ3) is 54.2. The first-order valence-corrected chi connectivity index (χ1v) is 27.8. The van der Waals surface area contributed by atoms with Gasteiger partial charge in [0, 0.05) is 19.3 Å². The second kappa shape index (κ2) is 56.9. The van der Waals surface area contributed by atoms with Gasteiger partial charge in [-0.25, -0.2) is 0 Å². The fourth-order valence-electron chi connectivity index (χ4n) is 6.96. The summed E-state index contributed by atoms with van der Waals surface area (Å²) in [5.41, 5.74) is 0. The number of rotatable bonds is 48. The Morgan fingerprint density at radius 3 is 0.971 bits per heavy atom. The lowest BCUT2D eigenvalue weighted by Crippen LogP contribution is -2.30. The van der Waals surface area contributed by atoms with Crippen LogP contribution in [-0.4, -0.2) is 37.2 Å². The molecule has 0 aliphatic carbocycles. The Balaban J connectivity index is 4.61. The summed E-state index contributed by atoms with van der Waals surface area (Å²) in [4.78, 5) is 38.1. The molecule has 0 aliphatic rings. The van der Waals surface area contributed by atoms with Crippen LogP contribution in [0.4, 0.5) is 0 Å². The molecule has 0 saturated heterocycles. The topological polar surface area (TPSA) is 78.9 Å². The van der Waals surface area contributed by atoms with E-state index in [1.165, 1.54) is 44.9 Å². The molecular formula is C64H100O6. The molecule has 0 saturated carbocycles. The normalized spacial score (nSPS) is 13.2. The molecule has 0 aromatic heterocycles. The average Bonchev–Trinajstić information content (AvgIpc) is 3.36. The Bertz CT molecular complexity index is 1580. The van der Waals surface area contributed by atoms with Crippen molar-refractivity contribution in [2.45, 2.75) is 226 Å². The smallest absolute Gasteiger partial charge is 0.306 e. The van der Waals surface area contributed by atoms with Crippen molar-refractivity contribution < 1.29 is 28.6 Å². The second-order valence-corrected chi connectivity index (χ2v) is 17.7. The van der Waals surface area contributed by atoms with Crippen LogP contribution in [-0.2, 0) is 28.6 Å². The van der Waals surface area contributed by atoms with E-state index in [1.54, 1.807) is 0 Å². The van der Waals surface area contributed by atoms with Crippen LogP contribution in [0.1, 0.15) is 220 Å². The number of allylic oxidation sites excluding steroid dienone is 24.